The Kier molecular flexibility index (Phi) is 8.81. The van der Waals surface area contributed by atoms with Crippen LogP contribution in [0.2, 0.25) is 0 Å². The van der Waals surface area contributed by atoms with Crippen molar-refractivity contribution in [3.05, 3.63) is 21.4 Å². The second-order valence-electron chi connectivity index (χ2n) is 5.69. The Morgan fingerprint density at radius 2 is 1.21 bits per heavy atom. The fraction of sp³-hybridized carbons (Fsp3) is 0.824. The summed E-state index contributed by atoms with van der Waals surface area (Å²) in [6, 6.07) is 0. The Hall–Kier alpha value is -0.630. The van der Waals surface area contributed by atoms with Gasteiger partial charge in [-0.15, -0.1) is 0 Å². The van der Waals surface area contributed by atoms with Crippen molar-refractivity contribution in [2.24, 2.45) is 0 Å². The van der Waals surface area contributed by atoms with Gasteiger partial charge in [0.15, 0.2) is 5.43 Å². The molecule has 0 fully saturated rings. The molecule has 0 bridgehead atoms. The van der Waals surface area contributed by atoms with Crippen molar-refractivity contribution >= 4 is 0 Å². The van der Waals surface area contributed by atoms with Crippen LogP contribution in [0.25, 0.3) is 0 Å². The summed E-state index contributed by atoms with van der Waals surface area (Å²) < 4.78 is 0. The van der Waals surface area contributed by atoms with Crippen LogP contribution in [-0.2, 0) is 12.8 Å². The molecule has 0 aliphatic heterocycles. The van der Waals surface area contributed by atoms with E-state index in [0.29, 0.717) is 12.0 Å². The number of aliphatic hydroxyl groups is 1. The average Bonchev–Trinajstić information content (AvgIpc) is 3.03. The van der Waals surface area contributed by atoms with Crippen molar-refractivity contribution in [2.75, 3.05) is 6.61 Å². The van der Waals surface area contributed by atoms with E-state index < -0.39 is 0 Å². The van der Waals surface area contributed by atoms with Crippen LogP contribution in [0.5, 0.6) is 0 Å². The molecule has 0 unspecified atom stereocenters. The van der Waals surface area contributed by atoms with Crippen LogP contribution in [0.3, 0.4) is 0 Å². The number of aliphatic hydroxyl groups excluding tert-OH is 1. The molecule has 1 aromatic rings. The van der Waals surface area contributed by atoms with Gasteiger partial charge in [-0.2, -0.15) is 0 Å². The Morgan fingerprint density at radius 3 is 1.74 bits per heavy atom. The maximum atomic E-state index is 11.5. The van der Waals surface area contributed by atoms with Crippen molar-refractivity contribution in [1.82, 2.24) is 0 Å². The second-order valence-corrected chi connectivity index (χ2v) is 5.69. The van der Waals surface area contributed by atoms with Crippen LogP contribution in [0.1, 0.15) is 82.3 Å². The summed E-state index contributed by atoms with van der Waals surface area (Å²) in [6.45, 7) is 2.51. The average molecular weight is 266 g/mol. The van der Waals surface area contributed by atoms with Gasteiger partial charge in [0.1, 0.15) is 0 Å². The smallest absolute Gasteiger partial charge is 0.185 e. The van der Waals surface area contributed by atoms with E-state index in [0.717, 1.165) is 30.4 Å². The van der Waals surface area contributed by atoms with Gasteiger partial charge in [-0.3, -0.25) is 4.79 Å². The van der Waals surface area contributed by atoms with Gasteiger partial charge in [0.25, 0.3) is 0 Å². The maximum Gasteiger partial charge on any atom is 0.185 e. The van der Waals surface area contributed by atoms with E-state index in [-0.39, 0.29) is 0 Å². The van der Waals surface area contributed by atoms with Gasteiger partial charge < -0.3 is 5.11 Å². The van der Waals surface area contributed by atoms with Gasteiger partial charge in [-0.05, 0) is 32.1 Å². The largest absolute Gasteiger partial charge is 0.396 e. The topological polar surface area (TPSA) is 37.3 Å². The van der Waals surface area contributed by atoms with E-state index in [1.165, 1.54) is 57.8 Å². The van der Waals surface area contributed by atoms with Crippen molar-refractivity contribution in [1.29, 1.82) is 0 Å². The molecule has 0 saturated heterocycles. The van der Waals surface area contributed by atoms with E-state index >= 15 is 0 Å². The predicted octanol–water partition coefficient (Wildman–Crippen LogP) is 3.92. The molecule has 0 aliphatic carbocycles. The molecule has 0 amide bonds. The van der Waals surface area contributed by atoms with Crippen LogP contribution in [0.4, 0.5) is 0 Å². The summed E-state index contributed by atoms with van der Waals surface area (Å²) in [5.74, 6) is 0. The molecule has 0 saturated carbocycles. The molecule has 0 atom stereocenters. The van der Waals surface area contributed by atoms with Crippen LogP contribution >= 0.6 is 0 Å². The molecule has 1 aromatic carbocycles. The van der Waals surface area contributed by atoms with Crippen LogP contribution in [0.15, 0.2) is 4.79 Å². The van der Waals surface area contributed by atoms with Gasteiger partial charge in [0, 0.05) is 17.7 Å². The Morgan fingerprint density at radius 1 is 0.737 bits per heavy atom. The van der Waals surface area contributed by atoms with E-state index in [9.17, 15) is 4.79 Å². The minimum Gasteiger partial charge on any atom is -0.396 e. The quantitative estimate of drug-likeness (QED) is 0.549. The third-order valence-electron chi connectivity index (χ3n) is 3.97. The van der Waals surface area contributed by atoms with Gasteiger partial charge in [0.05, 0.1) is 0 Å². The van der Waals surface area contributed by atoms with Crippen molar-refractivity contribution in [3.8, 4) is 0 Å². The lowest BCUT2D eigenvalue weighted by Gasteiger charge is -2.00. The third-order valence-corrected chi connectivity index (χ3v) is 3.97. The van der Waals surface area contributed by atoms with Gasteiger partial charge in [0.2, 0.25) is 0 Å². The molecule has 0 spiro atoms. The number of hydrogen-bond acceptors (Lipinski definition) is 2. The van der Waals surface area contributed by atoms with E-state index in [1.807, 2.05) is 0 Å². The number of unbranched alkanes of at least 4 members (excludes halogenated alkanes) is 8. The fourth-order valence-corrected chi connectivity index (χ4v) is 2.61. The van der Waals surface area contributed by atoms with Gasteiger partial charge in [-0.1, -0.05) is 51.9 Å². The van der Waals surface area contributed by atoms with Gasteiger partial charge in [-0.25, -0.2) is 0 Å². The normalized spacial score (nSPS) is 11.5. The van der Waals surface area contributed by atoms with E-state index in [2.05, 4.69) is 6.92 Å². The van der Waals surface area contributed by atoms with Crippen LogP contribution in [-0.4, -0.2) is 11.7 Å². The van der Waals surface area contributed by atoms with E-state index in [4.69, 9.17) is 5.11 Å². The summed E-state index contributed by atoms with van der Waals surface area (Å²) in [7, 11) is 0. The van der Waals surface area contributed by atoms with Crippen LogP contribution < -0.4 is 5.43 Å². The van der Waals surface area contributed by atoms with Crippen molar-refractivity contribution in [3.63, 3.8) is 0 Å². The highest BCUT2D eigenvalue weighted by molar-refractivity contribution is 5.39. The molecule has 0 aliphatic rings. The molecule has 19 heavy (non-hydrogen) atoms. The molecule has 2 heteroatoms. The first-order valence-corrected chi connectivity index (χ1v) is 8.18. The van der Waals surface area contributed by atoms with Crippen LogP contribution in [0, 0.1) is 0 Å². The first-order chi connectivity index (χ1) is 9.31. The monoisotopic (exact) mass is 266 g/mol. The summed E-state index contributed by atoms with van der Waals surface area (Å²) in [4.78, 5) is 11.5. The highest BCUT2D eigenvalue weighted by Crippen LogP contribution is 2.17. The second kappa shape index (κ2) is 10.2. The Bertz CT molecular complexity index is 334. The zero-order chi connectivity index (χ0) is 13.9. The number of hydrogen-bond donors (Lipinski definition) is 1. The Labute approximate surface area is 117 Å². The highest BCUT2D eigenvalue weighted by Gasteiger charge is 2.19. The molecule has 0 radical (unpaired) electrons. The Balaban J connectivity index is 1.89. The molecule has 110 valence electrons. The van der Waals surface area contributed by atoms with Crippen molar-refractivity contribution in [2.45, 2.75) is 84.0 Å². The lowest BCUT2D eigenvalue weighted by molar-refractivity contribution is 0.282. The first kappa shape index (κ1) is 16.4. The molecular weight excluding hydrogens is 236 g/mol. The minimum atomic E-state index is 0.337. The third kappa shape index (κ3) is 6.91. The molecule has 2 nitrogen and oxygen atoms in total. The minimum absolute atomic E-state index is 0.337. The SMILES string of the molecule is CCCCc1c(CCCCCCCCCCO)c1=O. The predicted molar refractivity (Wildman–Crippen MR) is 81.4 cm³/mol. The lowest BCUT2D eigenvalue weighted by Crippen LogP contribution is -1.86. The molecule has 0 aromatic heterocycles. The highest BCUT2D eigenvalue weighted by atomic mass is 16.2. The molecule has 1 rings (SSSR count). The summed E-state index contributed by atoms with van der Waals surface area (Å²) in [5, 5.41) is 8.66. The molecular formula is C17H30O2. The standard InChI is InChI=1S/C17H30O2/c1-2-3-12-15-16(17(15)19)13-10-8-6-4-5-7-9-11-14-18/h18H,2-14H2,1H3. The van der Waals surface area contributed by atoms with E-state index in [1.54, 1.807) is 0 Å². The summed E-state index contributed by atoms with van der Waals surface area (Å²) in [6.07, 6.45) is 14.1. The lowest BCUT2D eigenvalue weighted by atomic mass is 10.1. The first-order valence-electron chi connectivity index (χ1n) is 8.18. The summed E-state index contributed by atoms with van der Waals surface area (Å²) in [5.41, 5.74) is 2.71. The fourth-order valence-electron chi connectivity index (χ4n) is 2.61. The number of rotatable bonds is 13. The zero-order valence-electron chi connectivity index (χ0n) is 12.5. The maximum absolute atomic E-state index is 11.5. The molecule has 1 N–H and O–H groups in total. The zero-order valence-corrected chi connectivity index (χ0v) is 12.5. The molecule has 0 heterocycles. The summed E-state index contributed by atoms with van der Waals surface area (Å²) >= 11 is 0. The van der Waals surface area contributed by atoms with Gasteiger partial charge >= 0.3 is 0 Å². The van der Waals surface area contributed by atoms with Crippen molar-refractivity contribution < 1.29 is 5.11 Å².